The van der Waals surface area contributed by atoms with E-state index in [-0.39, 0.29) is 29.5 Å². The van der Waals surface area contributed by atoms with Gasteiger partial charge in [0, 0.05) is 18.3 Å². The van der Waals surface area contributed by atoms with Gasteiger partial charge in [0.2, 0.25) is 5.91 Å². The van der Waals surface area contributed by atoms with Gasteiger partial charge in [-0.1, -0.05) is 18.2 Å². The number of rotatable bonds is 2. The van der Waals surface area contributed by atoms with Crippen LogP contribution in [0.4, 0.5) is 5.69 Å². The summed E-state index contributed by atoms with van der Waals surface area (Å²) in [6.07, 6.45) is 1.74. The first kappa shape index (κ1) is 14.4. The van der Waals surface area contributed by atoms with Gasteiger partial charge in [-0.3, -0.25) is 4.79 Å². The van der Waals surface area contributed by atoms with Crippen molar-refractivity contribution < 1.29 is 9.53 Å². The fourth-order valence-electron chi connectivity index (χ4n) is 3.29. The second kappa shape index (κ2) is 5.34. The molecule has 4 heteroatoms. The van der Waals surface area contributed by atoms with E-state index in [2.05, 4.69) is 36.6 Å². The third-order valence-electron chi connectivity index (χ3n) is 5.08. The molecule has 0 spiro atoms. The van der Waals surface area contributed by atoms with E-state index < -0.39 is 0 Å². The van der Waals surface area contributed by atoms with E-state index in [1.54, 1.807) is 0 Å². The summed E-state index contributed by atoms with van der Waals surface area (Å²) >= 11 is 0. The molecule has 0 aliphatic carbocycles. The summed E-state index contributed by atoms with van der Waals surface area (Å²) in [5, 5.41) is 6.68. The molecule has 1 fully saturated rings. The number of ether oxygens (including phenoxy) is 1. The fourth-order valence-corrected chi connectivity index (χ4v) is 3.29. The number of hydrogen-bond donors (Lipinski definition) is 2. The number of benzene rings is 1. The minimum Gasteiger partial charge on any atom is -0.382 e. The molecule has 2 N–H and O–H groups in total. The van der Waals surface area contributed by atoms with Gasteiger partial charge in [0.15, 0.2) is 0 Å². The minimum absolute atomic E-state index is 0.0375. The largest absolute Gasteiger partial charge is 0.382 e. The molecule has 4 atom stereocenters. The average Bonchev–Trinajstić information content (AvgIpc) is 2.77. The van der Waals surface area contributed by atoms with E-state index in [1.165, 1.54) is 5.56 Å². The Morgan fingerprint density at radius 2 is 2.14 bits per heavy atom. The maximum absolute atomic E-state index is 12.7. The van der Waals surface area contributed by atoms with Gasteiger partial charge in [-0.25, -0.2) is 0 Å². The number of hydrogen-bond acceptors (Lipinski definition) is 3. The van der Waals surface area contributed by atoms with Gasteiger partial charge < -0.3 is 15.4 Å². The quantitative estimate of drug-likeness (QED) is 0.878. The van der Waals surface area contributed by atoms with Crippen LogP contribution in [0, 0.1) is 5.92 Å². The van der Waals surface area contributed by atoms with Crippen LogP contribution in [0.3, 0.4) is 0 Å². The van der Waals surface area contributed by atoms with Gasteiger partial charge in [0.25, 0.3) is 0 Å². The average molecular weight is 288 g/mol. The monoisotopic (exact) mass is 288 g/mol. The van der Waals surface area contributed by atoms with Crippen molar-refractivity contribution in [1.82, 2.24) is 5.32 Å². The first-order valence-corrected chi connectivity index (χ1v) is 7.78. The van der Waals surface area contributed by atoms with Crippen LogP contribution in [0.2, 0.25) is 0 Å². The molecular formula is C17H24N2O2. The van der Waals surface area contributed by atoms with Crippen LogP contribution in [-0.4, -0.2) is 30.2 Å². The van der Waals surface area contributed by atoms with Crippen molar-refractivity contribution in [2.24, 2.45) is 5.92 Å². The molecule has 0 saturated carbocycles. The summed E-state index contributed by atoms with van der Waals surface area (Å²) in [5.74, 6) is 0.0916. The van der Waals surface area contributed by atoms with Crippen molar-refractivity contribution in [3.05, 3.63) is 29.8 Å². The number of amides is 1. The van der Waals surface area contributed by atoms with E-state index >= 15 is 0 Å². The summed E-state index contributed by atoms with van der Waals surface area (Å²) < 4.78 is 5.61. The summed E-state index contributed by atoms with van der Waals surface area (Å²) in [5.41, 5.74) is 2.13. The fraction of sp³-hybridized carbons (Fsp3) is 0.588. The van der Waals surface area contributed by atoms with Crippen LogP contribution in [0.15, 0.2) is 24.3 Å². The van der Waals surface area contributed by atoms with Crippen molar-refractivity contribution in [2.45, 2.75) is 51.3 Å². The van der Waals surface area contributed by atoms with Crippen molar-refractivity contribution in [2.75, 3.05) is 11.9 Å². The van der Waals surface area contributed by atoms with Crippen LogP contribution in [0.25, 0.3) is 0 Å². The first-order valence-electron chi connectivity index (χ1n) is 7.78. The molecule has 2 heterocycles. The van der Waals surface area contributed by atoms with Crippen molar-refractivity contribution >= 4 is 11.6 Å². The third-order valence-corrected chi connectivity index (χ3v) is 5.08. The Kier molecular flexibility index (Phi) is 3.66. The van der Waals surface area contributed by atoms with Crippen molar-refractivity contribution in [3.63, 3.8) is 0 Å². The molecule has 2 aliphatic rings. The van der Waals surface area contributed by atoms with E-state index in [4.69, 9.17) is 4.74 Å². The predicted octanol–water partition coefficient (Wildman–Crippen LogP) is 2.34. The second-order valence-electron chi connectivity index (χ2n) is 6.57. The molecule has 4 nitrogen and oxygen atoms in total. The Balaban J connectivity index is 1.74. The molecule has 1 aromatic carbocycles. The Morgan fingerprint density at radius 3 is 2.86 bits per heavy atom. The highest BCUT2D eigenvalue weighted by Crippen LogP contribution is 2.30. The molecule has 3 rings (SSSR count). The second-order valence-corrected chi connectivity index (χ2v) is 6.57. The Labute approximate surface area is 126 Å². The number of carbonyl (C=O) groups is 1. The van der Waals surface area contributed by atoms with E-state index in [0.717, 1.165) is 25.1 Å². The standard InChI is InChI=1S/C17H24N2O2/c1-11-14(10-13-6-4-5-7-15(13)18-11)16(20)19-17(3)8-9-21-12(17)2/h4-7,11-12,14,18H,8-10H2,1-3H3,(H,19,20). The summed E-state index contributed by atoms with van der Waals surface area (Å²) in [7, 11) is 0. The minimum atomic E-state index is -0.242. The summed E-state index contributed by atoms with van der Waals surface area (Å²) in [4.78, 5) is 12.7. The van der Waals surface area contributed by atoms with Crippen LogP contribution < -0.4 is 10.6 Å². The molecule has 0 aromatic heterocycles. The van der Waals surface area contributed by atoms with Crippen molar-refractivity contribution in [3.8, 4) is 0 Å². The zero-order valence-corrected chi connectivity index (χ0v) is 13.0. The smallest absolute Gasteiger partial charge is 0.226 e. The topological polar surface area (TPSA) is 50.4 Å². The Hall–Kier alpha value is -1.55. The summed E-state index contributed by atoms with van der Waals surface area (Å²) in [6, 6.07) is 8.36. The number of carbonyl (C=O) groups excluding carboxylic acids is 1. The highest BCUT2D eigenvalue weighted by molar-refractivity contribution is 5.82. The van der Waals surface area contributed by atoms with Crippen molar-refractivity contribution in [1.29, 1.82) is 0 Å². The van der Waals surface area contributed by atoms with Crippen LogP contribution in [-0.2, 0) is 16.0 Å². The third kappa shape index (κ3) is 2.64. The molecule has 0 radical (unpaired) electrons. The molecule has 0 bridgehead atoms. The highest BCUT2D eigenvalue weighted by atomic mass is 16.5. The van der Waals surface area contributed by atoms with Gasteiger partial charge in [0.1, 0.15) is 0 Å². The van der Waals surface area contributed by atoms with Crippen LogP contribution in [0.1, 0.15) is 32.8 Å². The highest BCUT2D eigenvalue weighted by Gasteiger charge is 2.41. The van der Waals surface area contributed by atoms with Gasteiger partial charge in [-0.05, 0) is 45.2 Å². The normalized spacial score (nSPS) is 34.9. The lowest BCUT2D eigenvalue weighted by molar-refractivity contribution is -0.127. The van der Waals surface area contributed by atoms with Gasteiger partial charge >= 0.3 is 0 Å². The summed E-state index contributed by atoms with van der Waals surface area (Å²) in [6.45, 7) is 6.92. The van der Waals surface area contributed by atoms with E-state index in [0.29, 0.717) is 0 Å². The molecule has 114 valence electrons. The maximum Gasteiger partial charge on any atom is 0.226 e. The van der Waals surface area contributed by atoms with Gasteiger partial charge in [-0.15, -0.1) is 0 Å². The molecule has 1 amide bonds. The Bertz CT molecular complexity index is 545. The van der Waals surface area contributed by atoms with Crippen LogP contribution >= 0.6 is 0 Å². The SMILES string of the molecule is CC1Nc2ccccc2CC1C(=O)NC1(C)CCOC1C. The van der Waals surface area contributed by atoms with Gasteiger partial charge in [-0.2, -0.15) is 0 Å². The number of anilines is 1. The Morgan fingerprint density at radius 1 is 1.38 bits per heavy atom. The lowest BCUT2D eigenvalue weighted by atomic mass is 9.85. The van der Waals surface area contributed by atoms with Gasteiger partial charge in [0.05, 0.1) is 17.6 Å². The molecular weight excluding hydrogens is 264 g/mol. The zero-order valence-electron chi connectivity index (χ0n) is 13.0. The predicted molar refractivity (Wildman–Crippen MR) is 83.3 cm³/mol. The van der Waals surface area contributed by atoms with E-state index in [9.17, 15) is 4.79 Å². The lowest BCUT2D eigenvalue weighted by Gasteiger charge is -2.35. The number of nitrogens with one attached hydrogen (secondary N) is 2. The molecule has 4 unspecified atom stereocenters. The van der Waals surface area contributed by atoms with E-state index in [1.807, 2.05) is 19.1 Å². The molecule has 2 aliphatic heterocycles. The molecule has 21 heavy (non-hydrogen) atoms. The van der Waals surface area contributed by atoms with Crippen LogP contribution in [0.5, 0.6) is 0 Å². The zero-order chi connectivity index (χ0) is 15.0. The molecule has 1 aromatic rings. The lowest BCUT2D eigenvalue weighted by Crippen LogP contribution is -2.55. The number of para-hydroxylation sites is 1. The first-order chi connectivity index (χ1) is 9.99. The molecule has 1 saturated heterocycles. The number of fused-ring (bicyclic) bond motifs is 1. The maximum atomic E-state index is 12.7.